The summed E-state index contributed by atoms with van der Waals surface area (Å²) in [7, 11) is 0. The zero-order chi connectivity index (χ0) is 16.2. The molecule has 23 heavy (non-hydrogen) atoms. The van der Waals surface area contributed by atoms with Crippen LogP contribution in [0.25, 0.3) is 0 Å². The highest BCUT2D eigenvalue weighted by atomic mass is 32.1. The Balaban J connectivity index is 1.56. The van der Waals surface area contributed by atoms with Crippen molar-refractivity contribution in [1.29, 1.82) is 0 Å². The van der Waals surface area contributed by atoms with Crippen molar-refractivity contribution in [3.05, 3.63) is 46.2 Å². The summed E-state index contributed by atoms with van der Waals surface area (Å²) in [4.78, 5) is 17.3. The normalized spacial score (nSPS) is 18.2. The van der Waals surface area contributed by atoms with Crippen molar-refractivity contribution < 1.29 is 19.0 Å². The van der Waals surface area contributed by atoms with Gasteiger partial charge in [0.2, 0.25) is 0 Å². The maximum Gasteiger partial charge on any atom is 0.355 e. The summed E-state index contributed by atoms with van der Waals surface area (Å²) in [5, 5.41) is 11.3. The van der Waals surface area contributed by atoms with Crippen molar-refractivity contribution >= 4 is 17.3 Å². The molecule has 2 heterocycles. The molecule has 1 aromatic heterocycles. The molecule has 0 bridgehead atoms. The van der Waals surface area contributed by atoms with E-state index in [2.05, 4.69) is 9.88 Å². The molecular formula is C16H17FN2O3S. The van der Waals surface area contributed by atoms with E-state index in [1.54, 1.807) is 17.5 Å². The van der Waals surface area contributed by atoms with Crippen LogP contribution < -0.4 is 4.74 Å². The lowest BCUT2D eigenvalue weighted by Gasteiger charge is -2.23. The molecule has 7 heteroatoms. The topological polar surface area (TPSA) is 62.7 Å². The maximum atomic E-state index is 12.9. The lowest BCUT2D eigenvalue weighted by atomic mass is 10.2. The van der Waals surface area contributed by atoms with Crippen LogP contribution in [-0.2, 0) is 6.54 Å². The highest BCUT2D eigenvalue weighted by Gasteiger charge is 2.26. The zero-order valence-electron chi connectivity index (χ0n) is 12.4. The lowest BCUT2D eigenvalue weighted by Crippen LogP contribution is -2.33. The number of carboxylic acid groups (broad SMARTS) is 1. The highest BCUT2D eigenvalue weighted by Crippen LogP contribution is 2.23. The predicted molar refractivity (Wildman–Crippen MR) is 84.4 cm³/mol. The van der Waals surface area contributed by atoms with Crippen LogP contribution in [0.1, 0.15) is 28.3 Å². The molecular weight excluding hydrogens is 319 g/mol. The Bertz CT molecular complexity index is 674. The Labute approximate surface area is 137 Å². The van der Waals surface area contributed by atoms with Gasteiger partial charge in [-0.1, -0.05) is 0 Å². The van der Waals surface area contributed by atoms with Gasteiger partial charge in [0.25, 0.3) is 0 Å². The summed E-state index contributed by atoms with van der Waals surface area (Å²) >= 11 is 1.37. The number of nitrogens with zero attached hydrogens (tertiary/aromatic N) is 2. The first-order valence-electron chi connectivity index (χ1n) is 7.42. The number of benzene rings is 1. The molecule has 0 aliphatic carbocycles. The van der Waals surface area contributed by atoms with Crippen molar-refractivity contribution in [2.75, 3.05) is 13.2 Å². The smallest absolute Gasteiger partial charge is 0.355 e. The fourth-order valence-corrected chi connectivity index (χ4v) is 3.46. The summed E-state index contributed by atoms with van der Waals surface area (Å²) < 4.78 is 18.6. The third kappa shape index (κ3) is 4.05. The molecule has 0 amide bonds. The van der Waals surface area contributed by atoms with Gasteiger partial charge in [-0.05, 0) is 43.7 Å². The number of hydrogen-bond acceptors (Lipinski definition) is 5. The van der Waals surface area contributed by atoms with E-state index in [1.807, 2.05) is 0 Å². The van der Waals surface area contributed by atoms with Gasteiger partial charge in [0.05, 0.1) is 6.54 Å². The van der Waals surface area contributed by atoms with Crippen molar-refractivity contribution in [2.45, 2.75) is 25.4 Å². The fraction of sp³-hybridized carbons (Fsp3) is 0.375. The molecule has 0 spiro atoms. The summed E-state index contributed by atoms with van der Waals surface area (Å²) in [6.45, 7) is 2.11. The van der Waals surface area contributed by atoms with Gasteiger partial charge < -0.3 is 9.84 Å². The van der Waals surface area contributed by atoms with E-state index in [0.29, 0.717) is 18.9 Å². The molecule has 1 atom stereocenters. The van der Waals surface area contributed by atoms with Gasteiger partial charge >= 0.3 is 5.97 Å². The Morgan fingerprint density at radius 3 is 2.91 bits per heavy atom. The predicted octanol–water partition coefficient (Wildman–Crippen LogP) is 3.02. The van der Waals surface area contributed by atoms with Crippen LogP contribution in [0.5, 0.6) is 5.75 Å². The molecule has 1 fully saturated rings. The van der Waals surface area contributed by atoms with E-state index in [9.17, 15) is 9.18 Å². The minimum Gasteiger partial charge on any atom is -0.492 e. The van der Waals surface area contributed by atoms with E-state index < -0.39 is 5.97 Å². The Morgan fingerprint density at radius 2 is 2.22 bits per heavy atom. The van der Waals surface area contributed by atoms with Crippen LogP contribution in [0.15, 0.2) is 29.6 Å². The maximum absolute atomic E-state index is 12.9. The van der Waals surface area contributed by atoms with E-state index in [0.717, 1.165) is 24.4 Å². The second-order valence-electron chi connectivity index (χ2n) is 5.46. The zero-order valence-corrected chi connectivity index (χ0v) is 13.3. The standard InChI is InChI=1S/C16H17FN2O3S/c17-11-3-5-13(6-4-11)22-9-12-2-1-7-19(12)8-15-18-14(10-23-15)16(20)21/h3-6,10,12H,1-2,7-9H2,(H,20,21)/t12-/m0/s1. The average molecular weight is 336 g/mol. The summed E-state index contributed by atoms with van der Waals surface area (Å²) in [5.41, 5.74) is 0.100. The Morgan fingerprint density at radius 1 is 1.43 bits per heavy atom. The molecule has 5 nitrogen and oxygen atoms in total. The second-order valence-corrected chi connectivity index (χ2v) is 6.41. The molecule has 1 aliphatic rings. The van der Waals surface area contributed by atoms with Crippen molar-refractivity contribution in [3.63, 3.8) is 0 Å². The molecule has 1 aromatic carbocycles. The first-order chi connectivity index (χ1) is 11.1. The average Bonchev–Trinajstić information content (AvgIpc) is 3.17. The summed E-state index contributed by atoms with van der Waals surface area (Å²) in [5.74, 6) is -0.622. The van der Waals surface area contributed by atoms with Gasteiger partial charge in [-0.3, -0.25) is 4.90 Å². The Hall–Kier alpha value is -1.99. The molecule has 3 rings (SSSR count). The Kier molecular flexibility index (Phi) is 4.88. The second kappa shape index (κ2) is 7.06. The number of halogens is 1. The molecule has 2 aromatic rings. The van der Waals surface area contributed by atoms with Crippen LogP contribution in [0.4, 0.5) is 4.39 Å². The molecule has 1 N–H and O–H groups in total. The van der Waals surface area contributed by atoms with Crippen LogP contribution in [0.3, 0.4) is 0 Å². The number of rotatable bonds is 6. The molecule has 1 aliphatic heterocycles. The van der Waals surface area contributed by atoms with Gasteiger partial charge in [0.15, 0.2) is 5.69 Å². The number of aromatic carboxylic acids is 1. The largest absolute Gasteiger partial charge is 0.492 e. The van der Waals surface area contributed by atoms with Crippen molar-refractivity contribution in [2.24, 2.45) is 0 Å². The number of carbonyl (C=O) groups is 1. The van der Waals surface area contributed by atoms with Crippen molar-refractivity contribution in [1.82, 2.24) is 9.88 Å². The summed E-state index contributed by atoms with van der Waals surface area (Å²) in [6.07, 6.45) is 2.10. The third-order valence-electron chi connectivity index (χ3n) is 3.86. The van der Waals surface area contributed by atoms with Gasteiger partial charge in [-0.2, -0.15) is 0 Å². The minimum atomic E-state index is -0.995. The van der Waals surface area contributed by atoms with Crippen LogP contribution in [-0.4, -0.2) is 40.2 Å². The summed E-state index contributed by atoms with van der Waals surface area (Å²) in [6, 6.07) is 6.26. The molecule has 122 valence electrons. The van der Waals surface area contributed by atoms with Gasteiger partial charge in [0.1, 0.15) is 23.2 Å². The fourth-order valence-electron chi connectivity index (χ4n) is 2.67. The van der Waals surface area contributed by atoms with Crippen LogP contribution in [0, 0.1) is 5.82 Å². The number of likely N-dealkylation sites (tertiary alicyclic amines) is 1. The lowest BCUT2D eigenvalue weighted by molar-refractivity contribution is 0.0691. The molecule has 1 saturated heterocycles. The number of thiazole rings is 1. The number of hydrogen-bond donors (Lipinski definition) is 1. The highest BCUT2D eigenvalue weighted by molar-refractivity contribution is 7.09. The quantitative estimate of drug-likeness (QED) is 0.878. The third-order valence-corrected chi connectivity index (χ3v) is 4.70. The van der Waals surface area contributed by atoms with E-state index in [-0.39, 0.29) is 17.6 Å². The number of carboxylic acids is 1. The van der Waals surface area contributed by atoms with Crippen molar-refractivity contribution in [3.8, 4) is 5.75 Å². The number of ether oxygens (including phenoxy) is 1. The van der Waals surface area contributed by atoms with Gasteiger partial charge in [-0.15, -0.1) is 11.3 Å². The molecule has 0 unspecified atom stereocenters. The van der Waals surface area contributed by atoms with E-state index in [1.165, 1.54) is 23.5 Å². The van der Waals surface area contributed by atoms with E-state index >= 15 is 0 Å². The van der Waals surface area contributed by atoms with Gasteiger partial charge in [-0.25, -0.2) is 14.2 Å². The van der Waals surface area contributed by atoms with Gasteiger partial charge in [0, 0.05) is 11.4 Å². The first kappa shape index (κ1) is 15.9. The molecule has 0 saturated carbocycles. The first-order valence-corrected chi connectivity index (χ1v) is 8.30. The van der Waals surface area contributed by atoms with E-state index in [4.69, 9.17) is 9.84 Å². The van der Waals surface area contributed by atoms with Crippen LogP contribution >= 0.6 is 11.3 Å². The SMILES string of the molecule is O=C(O)c1csc(CN2CCC[C@H]2COc2ccc(F)cc2)n1. The number of aromatic nitrogens is 1. The minimum absolute atomic E-state index is 0.100. The molecule has 0 radical (unpaired) electrons. The van der Waals surface area contributed by atoms with Crippen LogP contribution in [0.2, 0.25) is 0 Å². The monoisotopic (exact) mass is 336 g/mol.